The Morgan fingerprint density at radius 1 is 1.34 bits per heavy atom. The highest BCUT2D eigenvalue weighted by atomic mass is 16.5. The Hall–Kier alpha value is -3.07. The molecule has 9 heteroatoms. The molecular weight excluding hydrogens is 370 g/mol. The van der Waals surface area contributed by atoms with Crippen LogP contribution in [0.5, 0.6) is 5.88 Å². The van der Waals surface area contributed by atoms with Gasteiger partial charge in [0, 0.05) is 43.5 Å². The van der Waals surface area contributed by atoms with Crippen LogP contribution in [-0.2, 0) is 11.8 Å². The molecule has 0 bridgehead atoms. The summed E-state index contributed by atoms with van der Waals surface area (Å²) >= 11 is 0. The zero-order valence-corrected chi connectivity index (χ0v) is 17.1. The van der Waals surface area contributed by atoms with E-state index < -0.39 is 0 Å². The van der Waals surface area contributed by atoms with Crippen molar-refractivity contribution in [2.45, 2.75) is 26.3 Å². The molecule has 3 aromatic heterocycles. The summed E-state index contributed by atoms with van der Waals surface area (Å²) in [5.74, 6) is 2.27. The van der Waals surface area contributed by atoms with Gasteiger partial charge in [0.25, 0.3) is 0 Å². The molecule has 1 N–H and O–H groups in total. The van der Waals surface area contributed by atoms with Crippen LogP contribution >= 0.6 is 0 Å². The number of nitrogens with zero attached hydrogens (tertiary/aromatic N) is 6. The SMILES string of the molecule is COc1ncc(-c2nc3c(NC4CCN(CC(C)=O)C4)ncnc3n2C)cc1C. The fourth-order valence-electron chi connectivity index (χ4n) is 3.86. The first kappa shape index (κ1) is 19.3. The average Bonchev–Trinajstić information content (AvgIpc) is 3.26. The number of likely N-dealkylation sites (tertiary alicyclic amines) is 1. The number of ether oxygens (including phenoxy) is 1. The van der Waals surface area contributed by atoms with Crippen LogP contribution in [-0.4, -0.2) is 68.0 Å². The molecule has 152 valence electrons. The van der Waals surface area contributed by atoms with Gasteiger partial charge in [0.1, 0.15) is 17.9 Å². The summed E-state index contributed by atoms with van der Waals surface area (Å²) in [6.45, 7) is 5.79. The van der Waals surface area contributed by atoms with Gasteiger partial charge in [0.05, 0.1) is 13.7 Å². The molecule has 1 unspecified atom stereocenters. The van der Waals surface area contributed by atoms with Crippen LogP contribution in [0.1, 0.15) is 18.9 Å². The molecule has 0 saturated carbocycles. The third kappa shape index (κ3) is 3.77. The number of fused-ring (bicyclic) bond motifs is 1. The minimum atomic E-state index is 0.188. The van der Waals surface area contributed by atoms with Gasteiger partial charge in [-0.3, -0.25) is 9.69 Å². The van der Waals surface area contributed by atoms with Crippen LogP contribution < -0.4 is 10.1 Å². The molecule has 1 aliphatic rings. The Kier molecular flexibility index (Phi) is 5.14. The number of rotatable bonds is 6. The summed E-state index contributed by atoms with van der Waals surface area (Å²) in [4.78, 5) is 31.6. The molecule has 0 radical (unpaired) electrons. The maximum absolute atomic E-state index is 11.4. The highest BCUT2D eigenvalue weighted by Gasteiger charge is 2.25. The van der Waals surface area contributed by atoms with E-state index in [0.717, 1.165) is 47.6 Å². The van der Waals surface area contributed by atoms with Gasteiger partial charge in [-0.1, -0.05) is 0 Å². The van der Waals surface area contributed by atoms with Gasteiger partial charge in [-0.15, -0.1) is 0 Å². The van der Waals surface area contributed by atoms with Gasteiger partial charge in [-0.2, -0.15) is 0 Å². The van der Waals surface area contributed by atoms with Gasteiger partial charge >= 0.3 is 0 Å². The first-order valence-electron chi connectivity index (χ1n) is 9.63. The highest BCUT2D eigenvalue weighted by Crippen LogP contribution is 2.28. The number of imidazole rings is 1. The lowest BCUT2D eigenvalue weighted by molar-refractivity contribution is -0.117. The molecule has 0 spiro atoms. The third-order valence-corrected chi connectivity index (χ3v) is 5.20. The van der Waals surface area contributed by atoms with Gasteiger partial charge in [0.2, 0.25) is 5.88 Å². The number of carbonyl (C=O) groups is 1. The molecule has 1 fully saturated rings. The van der Waals surface area contributed by atoms with Crippen molar-refractivity contribution in [2.75, 3.05) is 32.1 Å². The summed E-state index contributed by atoms with van der Waals surface area (Å²) in [6.07, 6.45) is 4.26. The first-order chi connectivity index (χ1) is 14.0. The van der Waals surface area contributed by atoms with Crippen molar-refractivity contribution < 1.29 is 9.53 Å². The Labute approximate surface area is 169 Å². The fraction of sp³-hybridized carbons (Fsp3) is 0.450. The number of ketones is 1. The van der Waals surface area contributed by atoms with E-state index in [9.17, 15) is 4.79 Å². The minimum Gasteiger partial charge on any atom is -0.481 e. The van der Waals surface area contributed by atoms with Crippen LogP contribution in [0.2, 0.25) is 0 Å². The van der Waals surface area contributed by atoms with E-state index >= 15 is 0 Å². The Morgan fingerprint density at radius 2 is 2.17 bits per heavy atom. The zero-order chi connectivity index (χ0) is 20.5. The van der Waals surface area contributed by atoms with Crippen LogP contribution in [0.4, 0.5) is 5.82 Å². The summed E-state index contributed by atoms with van der Waals surface area (Å²) in [7, 11) is 3.54. The molecule has 1 saturated heterocycles. The smallest absolute Gasteiger partial charge is 0.215 e. The number of aryl methyl sites for hydroxylation is 2. The van der Waals surface area contributed by atoms with Crippen molar-refractivity contribution in [3.8, 4) is 17.3 Å². The molecule has 1 aliphatic heterocycles. The van der Waals surface area contributed by atoms with Crippen molar-refractivity contribution in [3.05, 3.63) is 24.2 Å². The van der Waals surface area contributed by atoms with E-state index in [-0.39, 0.29) is 11.8 Å². The van der Waals surface area contributed by atoms with E-state index in [4.69, 9.17) is 9.72 Å². The van der Waals surface area contributed by atoms with Crippen LogP contribution in [0.15, 0.2) is 18.6 Å². The van der Waals surface area contributed by atoms with Crippen molar-refractivity contribution >= 4 is 22.8 Å². The number of carbonyl (C=O) groups excluding carboxylic acids is 1. The average molecular weight is 395 g/mol. The number of pyridine rings is 1. The normalized spacial score (nSPS) is 17.0. The van der Waals surface area contributed by atoms with Gasteiger partial charge < -0.3 is 14.6 Å². The minimum absolute atomic E-state index is 0.188. The topological polar surface area (TPSA) is 98.1 Å². The lowest BCUT2D eigenvalue weighted by atomic mass is 10.2. The van der Waals surface area contributed by atoms with E-state index in [1.807, 2.05) is 24.6 Å². The summed E-state index contributed by atoms with van der Waals surface area (Å²) < 4.78 is 7.20. The molecule has 4 rings (SSSR count). The summed E-state index contributed by atoms with van der Waals surface area (Å²) in [6, 6.07) is 2.23. The number of Topliss-reactive ketones (excluding diaryl/α,β-unsaturated/α-hetero) is 1. The summed E-state index contributed by atoms with van der Waals surface area (Å²) in [5.41, 5.74) is 3.31. The molecule has 1 atom stereocenters. The van der Waals surface area contributed by atoms with E-state index in [1.54, 1.807) is 26.6 Å². The molecule has 0 aliphatic carbocycles. The number of anilines is 1. The molecular formula is C20H25N7O2. The van der Waals surface area contributed by atoms with Crippen molar-refractivity contribution in [1.82, 2.24) is 29.4 Å². The number of methoxy groups -OCH3 is 1. The molecule has 0 aromatic carbocycles. The molecule has 9 nitrogen and oxygen atoms in total. The second kappa shape index (κ2) is 7.75. The molecule has 0 amide bonds. The third-order valence-electron chi connectivity index (χ3n) is 5.20. The number of hydrogen-bond donors (Lipinski definition) is 1. The Morgan fingerprint density at radius 3 is 2.90 bits per heavy atom. The summed E-state index contributed by atoms with van der Waals surface area (Å²) in [5, 5.41) is 3.49. The Balaban J connectivity index is 1.63. The molecule has 4 heterocycles. The van der Waals surface area contributed by atoms with Crippen molar-refractivity contribution in [2.24, 2.45) is 7.05 Å². The van der Waals surface area contributed by atoms with E-state index in [1.165, 1.54) is 0 Å². The monoisotopic (exact) mass is 395 g/mol. The Bertz CT molecular complexity index is 1060. The maximum Gasteiger partial charge on any atom is 0.215 e. The largest absolute Gasteiger partial charge is 0.481 e. The molecule has 3 aromatic rings. The standard InChI is InChI=1S/C20H25N7O2/c1-12-7-14(8-21-20(12)29-4)18-25-16-17(22-11-23-19(16)26(18)3)24-15-5-6-27(10-15)9-13(2)28/h7-8,11,15H,5-6,9-10H2,1-4H3,(H,22,23,24). The molecule has 29 heavy (non-hydrogen) atoms. The maximum atomic E-state index is 11.4. The van der Waals surface area contributed by atoms with E-state index in [0.29, 0.717) is 18.2 Å². The van der Waals surface area contributed by atoms with Crippen LogP contribution in [0, 0.1) is 6.92 Å². The van der Waals surface area contributed by atoms with Crippen LogP contribution in [0.25, 0.3) is 22.6 Å². The van der Waals surface area contributed by atoms with Gasteiger partial charge in [-0.25, -0.2) is 19.9 Å². The second-order valence-electron chi connectivity index (χ2n) is 7.51. The zero-order valence-electron chi connectivity index (χ0n) is 17.1. The van der Waals surface area contributed by atoms with E-state index in [2.05, 4.69) is 25.2 Å². The number of aromatic nitrogens is 5. The van der Waals surface area contributed by atoms with Crippen LogP contribution in [0.3, 0.4) is 0 Å². The lowest BCUT2D eigenvalue weighted by Crippen LogP contribution is -2.30. The lowest BCUT2D eigenvalue weighted by Gasteiger charge is -2.15. The fourth-order valence-corrected chi connectivity index (χ4v) is 3.86. The predicted octanol–water partition coefficient (Wildman–Crippen LogP) is 1.82. The quantitative estimate of drug-likeness (QED) is 0.675. The van der Waals surface area contributed by atoms with Crippen molar-refractivity contribution in [1.29, 1.82) is 0 Å². The van der Waals surface area contributed by atoms with Gasteiger partial charge in [0.15, 0.2) is 17.0 Å². The van der Waals surface area contributed by atoms with Gasteiger partial charge in [-0.05, 0) is 26.3 Å². The number of nitrogens with one attached hydrogen (secondary N) is 1. The number of hydrogen-bond acceptors (Lipinski definition) is 8. The van der Waals surface area contributed by atoms with Crippen molar-refractivity contribution in [3.63, 3.8) is 0 Å². The second-order valence-corrected chi connectivity index (χ2v) is 7.51. The predicted molar refractivity (Wildman–Crippen MR) is 110 cm³/mol. The highest BCUT2D eigenvalue weighted by molar-refractivity contribution is 5.86. The first-order valence-corrected chi connectivity index (χ1v) is 9.63.